The number of ether oxygens (including phenoxy) is 1. The number of fused-ring (bicyclic) bond motifs is 1. The second kappa shape index (κ2) is 4.96. The van der Waals surface area contributed by atoms with Crippen molar-refractivity contribution in [2.45, 2.75) is 34.1 Å². The third-order valence-electron chi connectivity index (χ3n) is 2.54. The number of esters is 1. The Morgan fingerprint density at radius 1 is 1.13 bits per heavy atom. The van der Waals surface area contributed by atoms with E-state index in [-0.39, 0.29) is 5.97 Å². The van der Waals surface area contributed by atoms with Crippen LogP contribution in [0.15, 0.2) is 12.1 Å². The quantitative estimate of drug-likeness (QED) is 0.610. The average molecular weight is 206 g/mol. The van der Waals surface area contributed by atoms with Crippen LogP contribution in [0.1, 0.15) is 40.9 Å². The SMILES string of the molecule is CC.Cc1cc2c(cc1C)C(=O)OCC2. The van der Waals surface area contributed by atoms with Crippen LogP contribution in [-0.4, -0.2) is 12.6 Å². The molecule has 2 nitrogen and oxygen atoms in total. The van der Waals surface area contributed by atoms with E-state index in [4.69, 9.17) is 4.74 Å². The van der Waals surface area contributed by atoms with E-state index in [1.165, 1.54) is 5.56 Å². The van der Waals surface area contributed by atoms with Crippen molar-refractivity contribution in [1.82, 2.24) is 0 Å². The summed E-state index contributed by atoms with van der Waals surface area (Å²) in [5.41, 5.74) is 4.26. The molecule has 1 aliphatic heterocycles. The molecule has 0 aromatic heterocycles. The number of hydrogen-bond acceptors (Lipinski definition) is 2. The normalized spacial score (nSPS) is 13.5. The van der Waals surface area contributed by atoms with Crippen LogP contribution in [-0.2, 0) is 11.2 Å². The predicted molar refractivity (Wildman–Crippen MR) is 61.3 cm³/mol. The van der Waals surface area contributed by atoms with E-state index in [1.54, 1.807) is 0 Å². The molecule has 1 heterocycles. The van der Waals surface area contributed by atoms with Crippen LogP contribution < -0.4 is 0 Å². The van der Waals surface area contributed by atoms with E-state index < -0.39 is 0 Å². The van der Waals surface area contributed by atoms with Gasteiger partial charge in [-0.3, -0.25) is 0 Å². The Labute approximate surface area is 91.3 Å². The first-order valence-corrected chi connectivity index (χ1v) is 5.46. The van der Waals surface area contributed by atoms with Crippen molar-refractivity contribution in [2.75, 3.05) is 6.61 Å². The van der Waals surface area contributed by atoms with E-state index in [0.29, 0.717) is 6.61 Å². The summed E-state index contributed by atoms with van der Waals surface area (Å²) in [5.74, 6) is -0.177. The largest absolute Gasteiger partial charge is 0.462 e. The smallest absolute Gasteiger partial charge is 0.338 e. The van der Waals surface area contributed by atoms with Gasteiger partial charge < -0.3 is 4.74 Å². The molecule has 82 valence electrons. The van der Waals surface area contributed by atoms with Gasteiger partial charge in [0.2, 0.25) is 0 Å². The average Bonchev–Trinajstić information content (AvgIpc) is 2.24. The highest BCUT2D eigenvalue weighted by Crippen LogP contribution is 2.20. The van der Waals surface area contributed by atoms with Crippen LogP contribution >= 0.6 is 0 Å². The molecule has 0 N–H and O–H groups in total. The highest BCUT2D eigenvalue weighted by atomic mass is 16.5. The summed E-state index contributed by atoms with van der Waals surface area (Å²) in [7, 11) is 0. The minimum atomic E-state index is -0.177. The Morgan fingerprint density at radius 3 is 2.40 bits per heavy atom. The topological polar surface area (TPSA) is 26.3 Å². The molecule has 1 aliphatic rings. The Morgan fingerprint density at radius 2 is 1.73 bits per heavy atom. The van der Waals surface area contributed by atoms with E-state index in [2.05, 4.69) is 13.0 Å². The maximum absolute atomic E-state index is 11.3. The van der Waals surface area contributed by atoms with E-state index >= 15 is 0 Å². The fourth-order valence-corrected chi connectivity index (χ4v) is 1.60. The summed E-state index contributed by atoms with van der Waals surface area (Å²) < 4.78 is 4.96. The lowest BCUT2D eigenvalue weighted by Crippen LogP contribution is -2.17. The van der Waals surface area contributed by atoms with Crippen molar-refractivity contribution in [3.8, 4) is 0 Å². The first kappa shape index (κ1) is 11.8. The van der Waals surface area contributed by atoms with Gasteiger partial charge in [-0.1, -0.05) is 19.9 Å². The summed E-state index contributed by atoms with van der Waals surface area (Å²) in [6.45, 7) is 8.60. The fraction of sp³-hybridized carbons (Fsp3) is 0.462. The van der Waals surface area contributed by atoms with Gasteiger partial charge in [-0.05, 0) is 36.6 Å². The van der Waals surface area contributed by atoms with Gasteiger partial charge in [0, 0.05) is 6.42 Å². The van der Waals surface area contributed by atoms with Crippen molar-refractivity contribution < 1.29 is 9.53 Å². The summed E-state index contributed by atoms with van der Waals surface area (Å²) in [6, 6.07) is 4.01. The number of benzene rings is 1. The number of hydrogen-bond donors (Lipinski definition) is 0. The van der Waals surface area contributed by atoms with Crippen molar-refractivity contribution >= 4 is 5.97 Å². The molecular formula is C13H18O2. The van der Waals surface area contributed by atoms with Crippen molar-refractivity contribution in [2.24, 2.45) is 0 Å². The van der Waals surface area contributed by atoms with E-state index in [9.17, 15) is 4.79 Å². The Bertz CT molecular complexity index is 367. The van der Waals surface area contributed by atoms with Gasteiger partial charge in [0.05, 0.1) is 12.2 Å². The standard InChI is InChI=1S/C11H12O2.C2H6/c1-7-5-9-3-4-13-11(12)10(9)6-8(7)2;1-2/h5-6H,3-4H2,1-2H3;1-2H3. The minimum absolute atomic E-state index is 0.177. The number of carbonyl (C=O) groups is 1. The zero-order valence-corrected chi connectivity index (χ0v) is 9.89. The molecule has 0 amide bonds. The highest BCUT2D eigenvalue weighted by molar-refractivity contribution is 5.92. The molecule has 0 fully saturated rings. The van der Waals surface area contributed by atoms with E-state index in [0.717, 1.165) is 23.1 Å². The van der Waals surface area contributed by atoms with Gasteiger partial charge in [0.15, 0.2) is 0 Å². The molecule has 1 aromatic rings. The molecular weight excluding hydrogens is 188 g/mol. The van der Waals surface area contributed by atoms with Crippen LogP contribution in [0.4, 0.5) is 0 Å². The van der Waals surface area contributed by atoms with Gasteiger partial charge in [-0.25, -0.2) is 4.79 Å². The zero-order valence-electron chi connectivity index (χ0n) is 9.89. The molecule has 2 rings (SSSR count). The molecule has 0 unspecified atom stereocenters. The zero-order chi connectivity index (χ0) is 11.4. The van der Waals surface area contributed by atoms with Gasteiger partial charge in [0.1, 0.15) is 0 Å². The lowest BCUT2D eigenvalue weighted by Gasteiger charge is -2.17. The monoisotopic (exact) mass is 206 g/mol. The molecule has 1 aromatic carbocycles. The molecule has 0 radical (unpaired) electrons. The van der Waals surface area contributed by atoms with E-state index in [1.807, 2.05) is 26.8 Å². The Kier molecular flexibility index (Phi) is 3.89. The fourth-order valence-electron chi connectivity index (χ4n) is 1.60. The maximum Gasteiger partial charge on any atom is 0.338 e. The molecule has 2 heteroatoms. The number of aryl methyl sites for hydroxylation is 2. The van der Waals surface area contributed by atoms with Gasteiger partial charge in [0.25, 0.3) is 0 Å². The second-order valence-electron chi connectivity index (χ2n) is 3.48. The third kappa shape index (κ3) is 2.38. The number of cyclic esters (lactones) is 1. The molecule has 0 spiro atoms. The molecule has 0 saturated carbocycles. The Balaban J connectivity index is 0.000000531. The van der Waals surface area contributed by atoms with Gasteiger partial charge in [-0.2, -0.15) is 0 Å². The summed E-state index contributed by atoms with van der Waals surface area (Å²) in [5, 5.41) is 0. The first-order chi connectivity index (χ1) is 7.18. The predicted octanol–water partition coefficient (Wildman–Crippen LogP) is 3.04. The number of rotatable bonds is 0. The molecule has 0 aliphatic carbocycles. The summed E-state index contributed by atoms with van der Waals surface area (Å²) in [6.07, 6.45) is 0.849. The molecule has 0 saturated heterocycles. The molecule has 0 bridgehead atoms. The second-order valence-corrected chi connectivity index (χ2v) is 3.48. The lowest BCUT2D eigenvalue weighted by molar-refractivity contribution is 0.0480. The minimum Gasteiger partial charge on any atom is -0.462 e. The Hall–Kier alpha value is -1.31. The van der Waals surface area contributed by atoms with Crippen LogP contribution in [0, 0.1) is 13.8 Å². The molecule has 0 atom stereocenters. The van der Waals surface area contributed by atoms with Crippen LogP contribution in [0.25, 0.3) is 0 Å². The maximum atomic E-state index is 11.3. The van der Waals surface area contributed by atoms with Crippen LogP contribution in [0.5, 0.6) is 0 Å². The van der Waals surface area contributed by atoms with Crippen molar-refractivity contribution in [3.05, 3.63) is 34.4 Å². The molecule has 15 heavy (non-hydrogen) atoms. The van der Waals surface area contributed by atoms with Crippen LogP contribution in [0.2, 0.25) is 0 Å². The summed E-state index contributed by atoms with van der Waals surface area (Å²) >= 11 is 0. The first-order valence-electron chi connectivity index (χ1n) is 5.46. The summed E-state index contributed by atoms with van der Waals surface area (Å²) in [4.78, 5) is 11.3. The van der Waals surface area contributed by atoms with Gasteiger partial charge >= 0.3 is 5.97 Å². The number of carbonyl (C=O) groups excluding carboxylic acids is 1. The lowest BCUT2D eigenvalue weighted by atomic mass is 9.97. The van der Waals surface area contributed by atoms with Crippen molar-refractivity contribution in [1.29, 1.82) is 0 Å². The van der Waals surface area contributed by atoms with Gasteiger partial charge in [-0.15, -0.1) is 0 Å². The van der Waals surface area contributed by atoms with Crippen LogP contribution in [0.3, 0.4) is 0 Å². The third-order valence-corrected chi connectivity index (χ3v) is 2.54. The highest BCUT2D eigenvalue weighted by Gasteiger charge is 2.18. The van der Waals surface area contributed by atoms with Crippen molar-refractivity contribution in [3.63, 3.8) is 0 Å².